The number of pyridine rings is 1. The number of piperazine rings is 1. The normalized spacial score (nSPS) is 15.7. The number of thiazole rings is 1. The number of aryl methyl sites for hydroxylation is 1. The van der Waals surface area contributed by atoms with Crippen LogP contribution in [0.2, 0.25) is 0 Å². The van der Waals surface area contributed by atoms with Gasteiger partial charge in [-0.3, -0.25) is 14.7 Å². The Labute approximate surface area is 163 Å². The maximum Gasteiger partial charge on any atom is 0.246 e. The van der Waals surface area contributed by atoms with E-state index in [0.29, 0.717) is 0 Å². The summed E-state index contributed by atoms with van der Waals surface area (Å²) in [5.41, 5.74) is 3.02. The van der Waals surface area contributed by atoms with Crippen molar-refractivity contribution < 1.29 is 4.79 Å². The number of nitrogens with zero attached hydrogens (tertiary/aromatic N) is 4. The largest absolute Gasteiger partial charge is 0.337 e. The molecule has 0 radical (unpaired) electrons. The molecule has 1 aromatic carbocycles. The van der Waals surface area contributed by atoms with Gasteiger partial charge < -0.3 is 4.90 Å². The second-order valence-corrected chi connectivity index (χ2v) is 7.78. The second kappa shape index (κ2) is 7.98. The Kier molecular flexibility index (Phi) is 5.27. The van der Waals surface area contributed by atoms with Gasteiger partial charge in [-0.25, -0.2) is 4.98 Å². The molecule has 6 heteroatoms. The average molecular weight is 379 g/mol. The van der Waals surface area contributed by atoms with Crippen molar-refractivity contribution >= 4 is 34.2 Å². The molecule has 0 unspecified atom stereocenters. The molecule has 1 amide bonds. The molecule has 0 bridgehead atoms. The lowest BCUT2D eigenvalue weighted by atomic mass is 10.1. The van der Waals surface area contributed by atoms with Crippen LogP contribution in [0, 0.1) is 6.92 Å². The number of hydrogen-bond acceptors (Lipinski definition) is 5. The molecular formula is C21H22N4OS. The van der Waals surface area contributed by atoms with Gasteiger partial charge in [0.2, 0.25) is 5.91 Å². The zero-order chi connectivity index (χ0) is 18.6. The molecular weight excluding hydrogens is 356 g/mol. The molecule has 5 nitrogen and oxygen atoms in total. The zero-order valence-electron chi connectivity index (χ0n) is 15.3. The Balaban J connectivity index is 1.36. The van der Waals surface area contributed by atoms with E-state index in [4.69, 9.17) is 0 Å². The van der Waals surface area contributed by atoms with Crippen molar-refractivity contribution in [3.05, 3.63) is 64.2 Å². The number of carbonyl (C=O) groups excluding carboxylic acids is 1. The molecule has 2 aromatic heterocycles. The number of rotatable bonds is 4. The number of carbonyl (C=O) groups is 1. The zero-order valence-corrected chi connectivity index (χ0v) is 16.2. The summed E-state index contributed by atoms with van der Waals surface area (Å²) in [6.07, 6.45) is 5.33. The molecule has 1 aliphatic heterocycles. The van der Waals surface area contributed by atoms with Crippen molar-refractivity contribution in [2.45, 2.75) is 13.5 Å². The second-order valence-electron chi connectivity index (χ2n) is 6.71. The fourth-order valence-electron chi connectivity index (χ4n) is 3.37. The third-order valence-electron chi connectivity index (χ3n) is 4.81. The quantitative estimate of drug-likeness (QED) is 0.653. The highest BCUT2D eigenvalue weighted by atomic mass is 32.1. The first-order valence-electron chi connectivity index (χ1n) is 9.13. The van der Waals surface area contributed by atoms with Crippen LogP contribution < -0.4 is 0 Å². The first-order valence-corrected chi connectivity index (χ1v) is 10.0. The van der Waals surface area contributed by atoms with Crippen molar-refractivity contribution in [3.8, 4) is 0 Å². The van der Waals surface area contributed by atoms with Gasteiger partial charge in [-0.1, -0.05) is 24.3 Å². The SMILES string of the molecule is Cc1nc(CN2CCN(C(=O)/C=C\c3cccc4cccnc34)CC2)cs1. The van der Waals surface area contributed by atoms with Gasteiger partial charge in [0, 0.05) is 61.3 Å². The minimum Gasteiger partial charge on any atom is -0.337 e. The van der Waals surface area contributed by atoms with Gasteiger partial charge in [0.05, 0.1) is 16.2 Å². The Morgan fingerprint density at radius 3 is 2.78 bits per heavy atom. The van der Waals surface area contributed by atoms with Crippen LogP contribution in [-0.2, 0) is 11.3 Å². The van der Waals surface area contributed by atoms with Crippen molar-refractivity contribution in [1.82, 2.24) is 19.8 Å². The topological polar surface area (TPSA) is 49.3 Å². The summed E-state index contributed by atoms with van der Waals surface area (Å²) in [5.74, 6) is 0.0621. The molecule has 0 spiro atoms. The lowest BCUT2D eigenvalue weighted by Crippen LogP contribution is -2.47. The van der Waals surface area contributed by atoms with E-state index in [-0.39, 0.29) is 5.91 Å². The van der Waals surface area contributed by atoms with Gasteiger partial charge in [-0.2, -0.15) is 0 Å². The summed E-state index contributed by atoms with van der Waals surface area (Å²) >= 11 is 1.69. The molecule has 138 valence electrons. The van der Waals surface area contributed by atoms with Crippen LogP contribution in [0.4, 0.5) is 0 Å². The highest BCUT2D eigenvalue weighted by Crippen LogP contribution is 2.17. The first-order chi connectivity index (χ1) is 13.2. The van der Waals surface area contributed by atoms with Crippen LogP contribution in [0.1, 0.15) is 16.3 Å². The van der Waals surface area contributed by atoms with E-state index in [1.165, 1.54) is 0 Å². The van der Waals surface area contributed by atoms with Gasteiger partial charge in [0.15, 0.2) is 0 Å². The lowest BCUT2D eigenvalue weighted by Gasteiger charge is -2.33. The van der Waals surface area contributed by atoms with Gasteiger partial charge in [0.25, 0.3) is 0 Å². The number of para-hydroxylation sites is 1. The molecule has 0 aliphatic carbocycles. The maximum atomic E-state index is 12.6. The summed E-state index contributed by atoms with van der Waals surface area (Å²) in [4.78, 5) is 25.8. The third-order valence-corrected chi connectivity index (χ3v) is 5.63. The van der Waals surface area contributed by atoms with E-state index >= 15 is 0 Å². The van der Waals surface area contributed by atoms with Crippen molar-refractivity contribution in [3.63, 3.8) is 0 Å². The number of benzene rings is 1. The van der Waals surface area contributed by atoms with Crippen molar-refractivity contribution in [2.75, 3.05) is 26.2 Å². The number of hydrogen-bond donors (Lipinski definition) is 0. The number of amides is 1. The lowest BCUT2D eigenvalue weighted by molar-refractivity contribution is -0.127. The van der Waals surface area contributed by atoms with E-state index in [9.17, 15) is 4.79 Å². The van der Waals surface area contributed by atoms with Crippen molar-refractivity contribution in [1.29, 1.82) is 0 Å². The summed E-state index contributed by atoms with van der Waals surface area (Å²) in [6.45, 7) is 6.16. The van der Waals surface area contributed by atoms with Crippen molar-refractivity contribution in [2.24, 2.45) is 0 Å². The standard InChI is InChI=1S/C21H22N4OS/c1-16-23-19(15-27-16)14-24-10-12-25(13-11-24)20(26)8-7-18-5-2-4-17-6-3-9-22-21(17)18/h2-9,15H,10-14H2,1H3/b8-7-. The fraction of sp³-hybridized carbons (Fsp3) is 0.286. The van der Waals surface area contributed by atoms with Crippen LogP contribution >= 0.6 is 11.3 Å². The smallest absolute Gasteiger partial charge is 0.246 e. The molecule has 3 heterocycles. The minimum atomic E-state index is 0.0621. The number of fused-ring (bicyclic) bond motifs is 1. The van der Waals surface area contributed by atoms with E-state index in [1.54, 1.807) is 23.6 Å². The average Bonchev–Trinajstić information content (AvgIpc) is 3.11. The molecule has 1 saturated heterocycles. The summed E-state index contributed by atoms with van der Waals surface area (Å²) in [6, 6.07) is 9.97. The first kappa shape index (κ1) is 17.8. The summed E-state index contributed by atoms with van der Waals surface area (Å²) in [5, 5.41) is 4.30. The van der Waals surface area contributed by atoms with Crippen LogP contribution in [0.15, 0.2) is 48.0 Å². The number of aromatic nitrogens is 2. The molecule has 3 aromatic rings. The molecule has 1 aliphatic rings. The highest BCUT2D eigenvalue weighted by molar-refractivity contribution is 7.09. The molecule has 0 N–H and O–H groups in total. The predicted octanol–water partition coefficient (Wildman–Crippen LogP) is 3.36. The van der Waals surface area contributed by atoms with E-state index in [0.717, 1.165) is 59.9 Å². The fourth-order valence-corrected chi connectivity index (χ4v) is 3.97. The van der Waals surface area contributed by atoms with Gasteiger partial charge in [-0.05, 0) is 19.1 Å². The molecule has 1 fully saturated rings. The maximum absolute atomic E-state index is 12.6. The van der Waals surface area contributed by atoms with Crippen LogP contribution in [0.5, 0.6) is 0 Å². The van der Waals surface area contributed by atoms with Crippen LogP contribution in [-0.4, -0.2) is 51.9 Å². The third kappa shape index (κ3) is 4.23. The van der Waals surface area contributed by atoms with E-state index in [1.807, 2.05) is 48.2 Å². The molecule has 27 heavy (non-hydrogen) atoms. The van der Waals surface area contributed by atoms with Gasteiger partial charge in [0.1, 0.15) is 0 Å². The molecule has 0 atom stereocenters. The Hall–Kier alpha value is -2.57. The van der Waals surface area contributed by atoms with E-state index in [2.05, 4.69) is 20.2 Å². The summed E-state index contributed by atoms with van der Waals surface area (Å²) in [7, 11) is 0. The Morgan fingerprint density at radius 2 is 2.00 bits per heavy atom. The summed E-state index contributed by atoms with van der Waals surface area (Å²) < 4.78 is 0. The molecule has 4 rings (SSSR count). The van der Waals surface area contributed by atoms with Crippen LogP contribution in [0.3, 0.4) is 0 Å². The Bertz CT molecular complexity index is 968. The highest BCUT2D eigenvalue weighted by Gasteiger charge is 2.20. The monoisotopic (exact) mass is 378 g/mol. The Morgan fingerprint density at radius 1 is 1.19 bits per heavy atom. The van der Waals surface area contributed by atoms with E-state index < -0.39 is 0 Å². The molecule has 0 saturated carbocycles. The van der Waals surface area contributed by atoms with Crippen LogP contribution in [0.25, 0.3) is 17.0 Å². The van der Waals surface area contributed by atoms with Gasteiger partial charge >= 0.3 is 0 Å². The minimum absolute atomic E-state index is 0.0621. The van der Waals surface area contributed by atoms with Gasteiger partial charge in [-0.15, -0.1) is 11.3 Å². The predicted molar refractivity (Wildman–Crippen MR) is 109 cm³/mol.